The molecule has 4 nitrogen and oxygen atoms in total. The highest BCUT2D eigenvalue weighted by atomic mass is 16.4. The van der Waals surface area contributed by atoms with Crippen molar-refractivity contribution in [3.63, 3.8) is 0 Å². The van der Waals surface area contributed by atoms with Crippen LogP contribution in [-0.2, 0) is 4.79 Å². The summed E-state index contributed by atoms with van der Waals surface area (Å²) in [5.74, 6) is -0.952. The molecule has 1 aliphatic heterocycles. The van der Waals surface area contributed by atoms with E-state index in [-0.39, 0.29) is 5.92 Å². The number of hydrazine groups is 1. The molecule has 1 atom stereocenters. The van der Waals surface area contributed by atoms with Gasteiger partial charge in [0.25, 0.3) is 0 Å². The molecule has 1 heterocycles. The molecule has 0 amide bonds. The highest BCUT2D eigenvalue weighted by Crippen LogP contribution is 2.12. The average molecular weight is 254 g/mol. The Labute approximate surface area is 110 Å². The second-order valence-corrected chi connectivity index (χ2v) is 4.95. The maximum Gasteiger partial charge on any atom is 0.307 e. The Hall–Kier alpha value is -0.870. The molecule has 1 aliphatic rings. The first kappa shape index (κ1) is 15.2. The second-order valence-electron chi connectivity index (χ2n) is 4.95. The van der Waals surface area contributed by atoms with Gasteiger partial charge in [-0.2, -0.15) is 0 Å². The number of carbonyl (C=O) groups is 1. The lowest BCUT2D eigenvalue weighted by Gasteiger charge is -2.13. The van der Waals surface area contributed by atoms with Crippen LogP contribution < -0.4 is 10.9 Å². The number of rotatable bonds is 1. The van der Waals surface area contributed by atoms with Gasteiger partial charge in [0.1, 0.15) is 0 Å². The summed E-state index contributed by atoms with van der Waals surface area (Å²) in [5.41, 5.74) is 6.10. The highest BCUT2D eigenvalue weighted by Gasteiger charge is 2.16. The van der Waals surface area contributed by atoms with E-state index in [4.69, 9.17) is 5.11 Å². The maximum atomic E-state index is 11.1. The fourth-order valence-electron chi connectivity index (χ4n) is 2.17. The van der Waals surface area contributed by atoms with Gasteiger partial charge in [-0.05, 0) is 25.7 Å². The predicted octanol–water partition coefficient (Wildman–Crippen LogP) is 2.47. The topological polar surface area (TPSA) is 61.4 Å². The first-order valence-electron chi connectivity index (χ1n) is 7.14. The number of nitrogens with one attached hydrogen (secondary N) is 2. The Balaban J connectivity index is 2.32. The lowest BCUT2D eigenvalue weighted by molar-refractivity contribution is -0.141. The van der Waals surface area contributed by atoms with E-state index >= 15 is 0 Å². The number of allylic oxidation sites excluding steroid dienone is 1. The van der Waals surface area contributed by atoms with Crippen LogP contribution in [0.1, 0.15) is 51.4 Å². The number of hydrogen-bond acceptors (Lipinski definition) is 3. The third kappa shape index (κ3) is 7.45. The summed E-state index contributed by atoms with van der Waals surface area (Å²) in [4.78, 5) is 11.1. The van der Waals surface area contributed by atoms with Crippen LogP contribution in [0.5, 0.6) is 0 Å². The van der Waals surface area contributed by atoms with Crippen molar-refractivity contribution in [3.8, 4) is 0 Å². The first-order chi connectivity index (χ1) is 8.80. The van der Waals surface area contributed by atoms with E-state index in [1.54, 1.807) is 0 Å². The van der Waals surface area contributed by atoms with Crippen LogP contribution in [0.15, 0.2) is 12.2 Å². The average Bonchev–Trinajstić information content (AvgIpc) is 2.36. The summed E-state index contributed by atoms with van der Waals surface area (Å²) in [6.45, 7) is 1.36. The Bertz CT molecular complexity index is 254. The zero-order valence-electron chi connectivity index (χ0n) is 11.2. The molecular weight excluding hydrogens is 228 g/mol. The van der Waals surface area contributed by atoms with Crippen LogP contribution >= 0.6 is 0 Å². The van der Waals surface area contributed by atoms with E-state index in [9.17, 15) is 4.79 Å². The van der Waals surface area contributed by atoms with Gasteiger partial charge in [0.15, 0.2) is 0 Å². The molecule has 4 heteroatoms. The predicted molar refractivity (Wildman–Crippen MR) is 73.2 cm³/mol. The Morgan fingerprint density at radius 2 is 1.72 bits per heavy atom. The summed E-state index contributed by atoms with van der Waals surface area (Å²) in [5, 5.41) is 9.11. The molecule has 0 saturated carbocycles. The van der Waals surface area contributed by atoms with Gasteiger partial charge in [-0.1, -0.05) is 37.8 Å². The molecule has 0 radical (unpaired) electrons. The van der Waals surface area contributed by atoms with Gasteiger partial charge in [-0.15, -0.1) is 0 Å². The van der Waals surface area contributed by atoms with Crippen LogP contribution in [0.4, 0.5) is 0 Å². The number of carboxylic acids is 1. The molecule has 0 aromatic heterocycles. The highest BCUT2D eigenvalue weighted by molar-refractivity contribution is 5.70. The van der Waals surface area contributed by atoms with Crippen LogP contribution in [0, 0.1) is 5.92 Å². The molecule has 104 valence electrons. The van der Waals surface area contributed by atoms with Crippen LogP contribution in [0.2, 0.25) is 0 Å². The molecule has 0 aliphatic carbocycles. The van der Waals surface area contributed by atoms with Crippen LogP contribution in [-0.4, -0.2) is 24.2 Å². The minimum Gasteiger partial charge on any atom is -0.481 e. The monoisotopic (exact) mass is 254 g/mol. The minimum absolute atomic E-state index is 0.266. The molecule has 0 saturated heterocycles. The summed E-state index contributed by atoms with van der Waals surface area (Å²) < 4.78 is 0. The van der Waals surface area contributed by atoms with Crippen molar-refractivity contribution < 1.29 is 9.90 Å². The lowest BCUT2D eigenvalue weighted by atomic mass is 10.0. The Kier molecular flexibility index (Phi) is 8.51. The quantitative estimate of drug-likeness (QED) is 0.629. The Morgan fingerprint density at radius 3 is 2.56 bits per heavy atom. The van der Waals surface area contributed by atoms with Crippen LogP contribution in [0.3, 0.4) is 0 Å². The van der Waals surface area contributed by atoms with Crippen molar-refractivity contribution in [1.29, 1.82) is 0 Å². The number of hydrogen-bond donors (Lipinski definition) is 3. The van der Waals surface area contributed by atoms with E-state index in [2.05, 4.69) is 23.0 Å². The second kappa shape index (κ2) is 10.1. The first-order valence-corrected chi connectivity index (χ1v) is 7.14. The molecule has 1 unspecified atom stereocenters. The number of aliphatic carboxylic acids is 1. The normalized spacial score (nSPS) is 26.8. The molecule has 18 heavy (non-hydrogen) atoms. The van der Waals surface area contributed by atoms with E-state index in [1.165, 1.54) is 25.7 Å². The standard InChI is InChI=1S/C14H26N2O2/c17-14(18)13-10-8-6-4-2-1-3-5-7-9-11-15-16-12-13/h5,7,13,15-16H,1-4,6,8-12H2,(H,17,18)/b7-5-. The maximum absolute atomic E-state index is 11.1. The molecule has 0 fully saturated rings. The van der Waals surface area contributed by atoms with E-state index in [1.807, 2.05) is 0 Å². The zero-order chi connectivity index (χ0) is 13.1. The molecule has 1 rings (SSSR count). The van der Waals surface area contributed by atoms with Gasteiger partial charge in [0.2, 0.25) is 0 Å². The van der Waals surface area contributed by atoms with Gasteiger partial charge in [0, 0.05) is 13.1 Å². The van der Waals surface area contributed by atoms with Crippen molar-refractivity contribution in [2.75, 3.05) is 13.1 Å². The Morgan fingerprint density at radius 1 is 1.00 bits per heavy atom. The summed E-state index contributed by atoms with van der Waals surface area (Å²) in [7, 11) is 0. The molecule has 0 aromatic rings. The van der Waals surface area contributed by atoms with Crippen molar-refractivity contribution in [2.24, 2.45) is 5.92 Å². The van der Waals surface area contributed by atoms with Gasteiger partial charge in [-0.25, -0.2) is 0 Å². The molecular formula is C14H26N2O2. The van der Waals surface area contributed by atoms with Crippen molar-refractivity contribution in [2.45, 2.75) is 51.4 Å². The van der Waals surface area contributed by atoms with Gasteiger partial charge in [0.05, 0.1) is 5.92 Å². The third-order valence-electron chi connectivity index (χ3n) is 3.35. The fraction of sp³-hybridized carbons (Fsp3) is 0.786. The van der Waals surface area contributed by atoms with E-state index < -0.39 is 5.97 Å². The van der Waals surface area contributed by atoms with E-state index in [0.717, 1.165) is 32.2 Å². The smallest absolute Gasteiger partial charge is 0.307 e. The summed E-state index contributed by atoms with van der Waals surface area (Å²) in [6, 6.07) is 0. The minimum atomic E-state index is -0.687. The van der Waals surface area contributed by atoms with Crippen molar-refractivity contribution in [1.82, 2.24) is 10.9 Å². The van der Waals surface area contributed by atoms with Crippen molar-refractivity contribution >= 4 is 5.97 Å². The zero-order valence-corrected chi connectivity index (χ0v) is 11.2. The SMILES string of the molecule is O=C(O)C1CCCCCCC/C=C\CCNNC1. The molecule has 0 aromatic carbocycles. The number of carboxylic acid groups (broad SMARTS) is 1. The largest absolute Gasteiger partial charge is 0.481 e. The summed E-state index contributed by atoms with van der Waals surface area (Å²) in [6.07, 6.45) is 13.3. The van der Waals surface area contributed by atoms with Crippen molar-refractivity contribution in [3.05, 3.63) is 12.2 Å². The lowest BCUT2D eigenvalue weighted by Crippen LogP contribution is -2.38. The van der Waals surface area contributed by atoms with E-state index in [0.29, 0.717) is 6.54 Å². The van der Waals surface area contributed by atoms with Gasteiger partial charge < -0.3 is 5.11 Å². The molecule has 0 spiro atoms. The summed E-state index contributed by atoms with van der Waals surface area (Å²) >= 11 is 0. The van der Waals surface area contributed by atoms with Gasteiger partial charge in [-0.3, -0.25) is 15.6 Å². The third-order valence-corrected chi connectivity index (χ3v) is 3.35. The fourth-order valence-corrected chi connectivity index (χ4v) is 2.17. The van der Waals surface area contributed by atoms with Crippen LogP contribution in [0.25, 0.3) is 0 Å². The molecule has 0 bridgehead atoms. The molecule has 3 N–H and O–H groups in total. The van der Waals surface area contributed by atoms with Gasteiger partial charge >= 0.3 is 5.97 Å².